The Balaban J connectivity index is 1.60. The fourth-order valence-corrected chi connectivity index (χ4v) is 2.62. The van der Waals surface area contributed by atoms with Crippen LogP contribution in [0.15, 0.2) is 71.5 Å². The van der Waals surface area contributed by atoms with Crippen LogP contribution >= 0.6 is 0 Å². The molecule has 1 aromatic heterocycles. The van der Waals surface area contributed by atoms with Crippen LogP contribution < -0.4 is 20.9 Å². The minimum atomic E-state index is -0.448. The normalized spacial score (nSPS) is 10.5. The summed E-state index contributed by atoms with van der Waals surface area (Å²) in [5.74, 6) is 0.0351. The number of nitrogens with zero attached hydrogens (tertiary/aromatic N) is 2. The maximum atomic E-state index is 12.5. The number of amides is 2. The molecule has 0 aliphatic heterocycles. The summed E-state index contributed by atoms with van der Waals surface area (Å²) < 4.78 is 6.78. The second kappa shape index (κ2) is 10.2. The number of carbonyl (C=O) groups excluding carboxylic acids is 2. The number of hydrogen-bond donors (Lipinski definition) is 2. The van der Waals surface area contributed by atoms with Crippen LogP contribution in [0.2, 0.25) is 0 Å². The molecule has 3 rings (SSSR count). The second-order valence-electron chi connectivity index (χ2n) is 7.12. The molecule has 8 nitrogen and oxygen atoms in total. The van der Waals surface area contributed by atoms with Crippen LogP contribution in [-0.2, 0) is 11.3 Å². The van der Waals surface area contributed by atoms with Crippen LogP contribution in [0.1, 0.15) is 24.3 Å². The summed E-state index contributed by atoms with van der Waals surface area (Å²) in [6.07, 6.45) is 0. The molecule has 0 fully saturated rings. The van der Waals surface area contributed by atoms with Gasteiger partial charge < -0.3 is 15.4 Å². The van der Waals surface area contributed by atoms with Crippen LogP contribution in [0, 0.1) is 5.92 Å². The Kier molecular flexibility index (Phi) is 7.16. The van der Waals surface area contributed by atoms with Gasteiger partial charge in [0.05, 0.1) is 6.54 Å². The molecule has 31 heavy (non-hydrogen) atoms. The zero-order chi connectivity index (χ0) is 22.2. The first kappa shape index (κ1) is 21.8. The van der Waals surface area contributed by atoms with Gasteiger partial charge in [-0.25, -0.2) is 4.68 Å². The fourth-order valence-electron chi connectivity index (χ4n) is 2.62. The molecule has 1 heterocycles. The lowest BCUT2D eigenvalue weighted by Gasteiger charge is -2.10. The zero-order valence-corrected chi connectivity index (χ0v) is 17.4. The molecule has 160 valence electrons. The topological polar surface area (TPSA) is 102 Å². The largest absolute Gasteiger partial charge is 0.492 e. The van der Waals surface area contributed by atoms with E-state index >= 15 is 0 Å². The van der Waals surface area contributed by atoms with Crippen molar-refractivity contribution in [1.29, 1.82) is 0 Å². The van der Waals surface area contributed by atoms with Crippen molar-refractivity contribution in [3.05, 3.63) is 82.8 Å². The molecule has 0 unspecified atom stereocenters. The van der Waals surface area contributed by atoms with Gasteiger partial charge in [-0.05, 0) is 42.5 Å². The van der Waals surface area contributed by atoms with Crippen LogP contribution in [-0.4, -0.2) is 28.2 Å². The predicted molar refractivity (Wildman–Crippen MR) is 118 cm³/mol. The lowest BCUT2D eigenvalue weighted by atomic mass is 10.2. The monoisotopic (exact) mass is 420 g/mol. The van der Waals surface area contributed by atoms with Gasteiger partial charge in [0, 0.05) is 23.4 Å². The Morgan fingerprint density at radius 3 is 2.23 bits per heavy atom. The molecule has 0 bridgehead atoms. The van der Waals surface area contributed by atoms with Gasteiger partial charge in [-0.15, -0.1) is 0 Å². The average molecular weight is 420 g/mol. The summed E-state index contributed by atoms with van der Waals surface area (Å²) in [4.78, 5) is 36.3. The molecule has 2 amide bonds. The van der Waals surface area contributed by atoms with Gasteiger partial charge in [0.15, 0.2) is 0 Å². The van der Waals surface area contributed by atoms with Crippen LogP contribution in [0.4, 0.5) is 11.4 Å². The number of ether oxygens (including phenoxy) is 1. The van der Waals surface area contributed by atoms with Crippen molar-refractivity contribution in [2.45, 2.75) is 20.4 Å². The van der Waals surface area contributed by atoms with Crippen molar-refractivity contribution >= 4 is 23.2 Å². The SMILES string of the molecule is CC(C)C(=O)Nc1ccc(NC(=O)c2ccc(=O)n(CCOc3ccccc3)n2)cc1. The maximum absolute atomic E-state index is 12.5. The highest BCUT2D eigenvalue weighted by atomic mass is 16.5. The Morgan fingerprint density at radius 2 is 1.58 bits per heavy atom. The van der Waals surface area contributed by atoms with E-state index in [0.29, 0.717) is 17.1 Å². The highest BCUT2D eigenvalue weighted by Gasteiger charge is 2.11. The van der Waals surface area contributed by atoms with Gasteiger partial charge in [0.25, 0.3) is 11.5 Å². The van der Waals surface area contributed by atoms with Gasteiger partial charge in [-0.2, -0.15) is 5.10 Å². The number of para-hydroxylation sites is 1. The fraction of sp³-hybridized carbons (Fsp3) is 0.217. The van der Waals surface area contributed by atoms with Gasteiger partial charge in [0.2, 0.25) is 5.91 Å². The van der Waals surface area contributed by atoms with E-state index in [1.807, 2.05) is 44.2 Å². The van der Waals surface area contributed by atoms with Crippen LogP contribution in [0.25, 0.3) is 0 Å². The molecule has 0 aliphatic rings. The highest BCUT2D eigenvalue weighted by molar-refractivity contribution is 6.02. The number of hydrogen-bond acceptors (Lipinski definition) is 5. The molecular weight excluding hydrogens is 396 g/mol. The minimum absolute atomic E-state index is 0.0838. The predicted octanol–water partition coefficient (Wildman–Crippen LogP) is 3.17. The molecule has 0 spiro atoms. The first-order valence-electron chi connectivity index (χ1n) is 9.90. The molecule has 0 aliphatic carbocycles. The third kappa shape index (κ3) is 6.27. The summed E-state index contributed by atoms with van der Waals surface area (Å²) in [5.41, 5.74) is 0.969. The summed E-state index contributed by atoms with van der Waals surface area (Å²) in [6.45, 7) is 4.07. The highest BCUT2D eigenvalue weighted by Crippen LogP contribution is 2.15. The van der Waals surface area contributed by atoms with Gasteiger partial charge in [-0.3, -0.25) is 14.4 Å². The van der Waals surface area contributed by atoms with Crippen molar-refractivity contribution < 1.29 is 14.3 Å². The third-order valence-electron chi connectivity index (χ3n) is 4.35. The Morgan fingerprint density at radius 1 is 0.935 bits per heavy atom. The Hall–Kier alpha value is -3.94. The summed E-state index contributed by atoms with van der Waals surface area (Å²) >= 11 is 0. The van der Waals surface area contributed by atoms with Crippen molar-refractivity contribution in [2.24, 2.45) is 5.92 Å². The lowest BCUT2D eigenvalue weighted by molar-refractivity contribution is -0.118. The van der Waals surface area contributed by atoms with E-state index in [0.717, 1.165) is 0 Å². The molecule has 8 heteroatoms. The average Bonchev–Trinajstić information content (AvgIpc) is 2.77. The smallest absolute Gasteiger partial charge is 0.276 e. The van der Waals surface area contributed by atoms with Crippen molar-refractivity contribution in [2.75, 3.05) is 17.2 Å². The van der Waals surface area contributed by atoms with Crippen LogP contribution in [0.3, 0.4) is 0 Å². The molecule has 2 aromatic carbocycles. The second-order valence-corrected chi connectivity index (χ2v) is 7.12. The number of anilines is 2. The van der Waals surface area contributed by atoms with Crippen molar-refractivity contribution in [3.8, 4) is 5.75 Å². The molecular formula is C23H24N4O4. The van der Waals surface area contributed by atoms with Crippen molar-refractivity contribution in [3.63, 3.8) is 0 Å². The van der Waals surface area contributed by atoms with E-state index in [2.05, 4.69) is 15.7 Å². The van der Waals surface area contributed by atoms with E-state index < -0.39 is 5.91 Å². The minimum Gasteiger partial charge on any atom is -0.492 e. The summed E-state index contributed by atoms with van der Waals surface area (Å²) in [7, 11) is 0. The molecule has 2 N–H and O–H groups in total. The quantitative estimate of drug-likeness (QED) is 0.583. The first-order valence-corrected chi connectivity index (χ1v) is 9.90. The number of aromatic nitrogens is 2. The molecule has 0 saturated heterocycles. The summed E-state index contributed by atoms with van der Waals surface area (Å²) in [6, 6.07) is 18.7. The summed E-state index contributed by atoms with van der Waals surface area (Å²) in [5, 5.41) is 9.65. The molecule has 0 saturated carbocycles. The zero-order valence-electron chi connectivity index (χ0n) is 17.4. The standard InChI is InChI=1S/C23H24N4O4/c1-16(2)22(29)24-17-8-10-18(11-9-17)25-23(30)20-12-13-21(28)27(26-20)14-15-31-19-6-4-3-5-7-19/h3-13,16H,14-15H2,1-2H3,(H,24,29)(H,25,30). The molecule has 0 radical (unpaired) electrons. The van der Waals surface area contributed by atoms with Gasteiger partial charge in [0.1, 0.15) is 18.1 Å². The van der Waals surface area contributed by atoms with E-state index in [9.17, 15) is 14.4 Å². The lowest BCUT2D eigenvalue weighted by Crippen LogP contribution is -2.28. The van der Waals surface area contributed by atoms with E-state index in [-0.39, 0.29) is 36.2 Å². The van der Waals surface area contributed by atoms with Crippen molar-refractivity contribution in [1.82, 2.24) is 9.78 Å². The molecule has 3 aromatic rings. The van der Waals surface area contributed by atoms with Gasteiger partial charge >= 0.3 is 0 Å². The number of rotatable bonds is 8. The van der Waals surface area contributed by atoms with E-state index in [1.54, 1.807) is 24.3 Å². The molecule has 0 atom stereocenters. The third-order valence-corrected chi connectivity index (χ3v) is 4.35. The Labute approximate surface area is 179 Å². The van der Waals surface area contributed by atoms with Crippen LogP contribution in [0.5, 0.6) is 5.75 Å². The van der Waals surface area contributed by atoms with E-state index in [4.69, 9.17) is 4.74 Å². The first-order chi connectivity index (χ1) is 14.9. The maximum Gasteiger partial charge on any atom is 0.276 e. The van der Waals surface area contributed by atoms with Gasteiger partial charge in [-0.1, -0.05) is 32.0 Å². The Bertz CT molecular complexity index is 1090. The number of carbonyl (C=O) groups is 2. The van der Waals surface area contributed by atoms with E-state index in [1.165, 1.54) is 16.8 Å². The number of benzene rings is 2. The number of nitrogens with one attached hydrogen (secondary N) is 2.